The summed E-state index contributed by atoms with van der Waals surface area (Å²) in [7, 11) is 0. The lowest BCUT2D eigenvalue weighted by Crippen LogP contribution is -2.32. The molecule has 0 spiro atoms. The molecule has 1 aliphatic rings. The third-order valence-electron chi connectivity index (χ3n) is 3.65. The minimum Gasteiger partial charge on any atom is -0.393 e. The summed E-state index contributed by atoms with van der Waals surface area (Å²) in [5.74, 6) is 5.36. The van der Waals surface area contributed by atoms with Gasteiger partial charge in [0, 0.05) is 12.6 Å². The van der Waals surface area contributed by atoms with Gasteiger partial charge in [-0.15, -0.1) is 0 Å². The molecule has 1 heterocycles. The normalized spacial score (nSPS) is 19.9. The van der Waals surface area contributed by atoms with E-state index in [1.807, 2.05) is 4.90 Å². The number of hydrazine groups is 1. The Labute approximate surface area is 117 Å². The van der Waals surface area contributed by atoms with Crippen LogP contribution >= 0.6 is 0 Å². The van der Waals surface area contributed by atoms with Gasteiger partial charge in [-0.2, -0.15) is 0 Å². The molecule has 7 nitrogen and oxygen atoms in total. The van der Waals surface area contributed by atoms with Crippen LogP contribution in [-0.4, -0.2) is 28.7 Å². The zero-order valence-corrected chi connectivity index (χ0v) is 11.5. The van der Waals surface area contributed by atoms with E-state index in [9.17, 15) is 15.2 Å². The van der Waals surface area contributed by atoms with Gasteiger partial charge < -0.3 is 15.4 Å². The highest BCUT2D eigenvalue weighted by Crippen LogP contribution is 2.39. The zero-order chi connectivity index (χ0) is 14.7. The van der Waals surface area contributed by atoms with Crippen molar-refractivity contribution >= 4 is 17.1 Å². The molecular weight excluding hydrogens is 260 g/mol. The van der Waals surface area contributed by atoms with Gasteiger partial charge in [-0.05, 0) is 38.3 Å². The van der Waals surface area contributed by atoms with Crippen LogP contribution in [0.15, 0.2) is 18.2 Å². The predicted octanol–water partition coefficient (Wildman–Crippen LogP) is 1.62. The van der Waals surface area contributed by atoms with Crippen molar-refractivity contribution < 1.29 is 10.0 Å². The van der Waals surface area contributed by atoms with E-state index in [1.165, 1.54) is 0 Å². The molecule has 2 unspecified atom stereocenters. The van der Waals surface area contributed by atoms with Crippen molar-refractivity contribution in [3.8, 4) is 0 Å². The van der Waals surface area contributed by atoms with E-state index in [4.69, 9.17) is 5.84 Å². The molecule has 0 amide bonds. The maximum atomic E-state index is 11.3. The molecule has 20 heavy (non-hydrogen) atoms. The van der Waals surface area contributed by atoms with Gasteiger partial charge in [0.25, 0.3) is 0 Å². The number of nitrogens with one attached hydrogen (secondary N) is 1. The number of benzene rings is 1. The van der Waals surface area contributed by atoms with Gasteiger partial charge in [0.05, 0.1) is 11.0 Å². The lowest BCUT2D eigenvalue weighted by molar-refractivity contribution is -0.383. The van der Waals surface area contributed by atoms with Crippen LogP contribution in [0.1, 0.15) is 26.2 Å². The van der Waals surface area contributed by atoms with E-state index >= 15 is 0 Å². The highest BCUT2D eigenvalue weighted by molar-refractivity contribution is 5.77. The maximum Gasteiger partial charge on any atom is 0.316 e. The van der Waals surface area contributed by atoms with Gasteiger partial charge in [0.15, 0.2) is 0 Å². The largest absolute Gasteiger partial charge is 0.393 e. The predicted molar refractivity (Wildman–Crippen MR) is 77.6 cm³/mol. The summed E-state index contributed by atoms with van der Waals surface area (Å²) in [5.41, 5.74) is 3.24. The van der Waals surface area contributed by atoms with Crippen LogP contribution in [0, 0.1) is 10.1 Å². The Balaban J connectivity index is 2.38. The monoisotopic (exact) mass is 280 g/mol. The summed E-state index contributed by atoms with van der Waals surface area (Å²) < 4.78 is 0. The number of nitrogens with zero attached hydrogens (tertiary/aromatic N) is 2. The molecular formula is C13H20N4O3. The molecule has 0 radical (unpaired) electrons. The average Bonchev–Trinajstić information content (AvgIpc) is 2.84. The Morgan fingerprint density at radius 2 is 2.40 bits per heavy atom. The number of aliphatic hydroxyl groups is 1. The van der Waals surface area contributed by atoms with E-state index < -0.39 is 11.0 Å². The van der Waals surface area contributed by atoms with Crippen LogP contribution in [0.5, 0.6) is 0 Å². The maximum absolute atomic E-state index is 11.3. The first kappa shape index (κ1) is 14.5. The van der Waals surface area contributed by atoms with Crippen LogP contribution in [-0.2, 0) is 0 Å². The van der Waals surface area contributed by atoms with Crippen molar-refractivity contribution in [2.24, 2.45) is 5.84 Å². The number of aliphatic hydroxyl groups excluding tert-OH is 1. The molecule has 2 atom stereocenters. The molecule has 7 heteroatoms. The number of hydrogen-bond donors (Lipinski definition) is 3. The summed E-state index contributed by atoms with van der Waals surface area (Å²) in [4.78, 5) is 12.9. The zero-order valence-electron chi connectivity index (χ0n) is 11.5. The number of anilines is 2. The molecule has 1 aliphatic heterocycles. The van der Waals surface area contributed by atoms with Gasteiger partial charge in [0.1, 0.15) is 11.4 Å². The molecule has 0 saturated carbocycles. The Bertz CT molecular complexity index is 493. The first-order valence-electron chi connectivity index (χ1n) is 6.73. The molecule has 1 fully saturated rings. The Morgan fingerprint density at radius 1 is 1.65 bits per heavy atom. The highest BCUT2D eigenvalue weighted by Gasteiger charge is 2.31. The van der Waals surface area contributed by atoms with Crippen molar-refractivity contribution in [2.45, 2.75) is 38.3 Å². The topological polar surface area (TPSA) is 105 Å². The number of hydrogen-bond acceptors (Lipinski definition) is 6. The fraction of sp³-hybridized carbons (Fsp3) is 0.538. The van der Waals surface area contributed by atoms with E-state index in [-0.39, 0.29) is 11.7 Å². The lowest BCUT2D eigenvalue weighted by atomic mass is 10.1. The van der Waals surface area contributed by atoms with Crippen LogP contribution < -0.4 is 16.2 Å². The Morgan fingerprint density at radius 3 is 3.00 bits per heavy atom. The summed E-state index contributed by atoms with van der Waals surface area (Å²) in [6.07, 6.45) is 2.09. The van der Waals surface area contributed by atoms with E-state index in [0.717, 1.165) is 19.4 Å². The third kappa shape index (κ3) is 2.83. The SMILES string of the molecule is CC(O)CC1CCCN1c1cccc(NN)c1[N+](=O)[O-]. The second-order valence-corrected chi connectivity index (χ2v) is 5.15. The number of nitro groups is 1. The summed E-state index contributed by atoms with van der Waals surface area (Å²) in [6.45, 7) is 2.50. The van der Waals surface area contributed by atoms with Gasteiger partial charge in [0.2, 0.25) is 0 Å². The summed E-state index contributed by atoms with van der Waals surface area (Å²) in [6, 6.07) is 5.19. The van der Waals surface area contributed by atoms with Crippen molar-refractivity contribution in [1.82, 2.24) is 0 Å². The highest BCUT2D eigenvalue weighted by atomic mass is 16.6. The molecule has 4 N–H and O–H groups in total. The Kier molecular flexibility index (Phi) is 4.41. The quantitative estimate of drug-likeness (QED) is 0.430. The molecule has 1 aromatic rings. The molecule has 110 valence electrons. The van der Waals surface area contributed by atoms with E-state index in [1.54, 1.807) is 25.1 Å². The van der Waals surface area contributed by atoms with E-state index in [0.29, 0.717) is 17.8 Å². The molecule has 2 rings (SSSR count). The van der Waals surface area contributed by atoms with Crippen molar-refractivity contribution in [2.75, 3.05) is 16.9 Å². The standard InChI is InChI=1S/C13H20N4O3/c1-9(18)8-10-4-3-7-16(10)12-6-2-5-11(15-14)13(12)17(19)20/h2,5-6,9-10,15,18H,3-4,7-8,14H2,1H3. The van der Waals surface area contributed by atoms with Crippen molar-refractivity contribution in [1.29, 1.82) is 0 Å². The minimum absolute atomic E-state index is 0.00695. The van der Waals surface area contributed by atoms with Gasteiger partial charge in [-0.3, -0.25) is 16.0 Å². The van der Waals surface area contributed by atoms with Crippen LogP contribution in [0.3, 0.4) is 0 Å². The van der Waals surface area contributed by atoms with E-state index in [2.05, 4.69) is 5.43 Å². The summed E-state index contributed by atoms with van der Waals surface area (Å²) >= 11 is 0. The number of nitrogen functional groups attached to an aromatic ring is 1. The number of nitro benzene ring substituents is 1. The second-order valence-electron chi connectivity index (χ2n) is 5.15. The van der Waals surface area contributed by atoms with Crippen LogP contribution in [0.25, 0.3) is 0 Å². The minimum atomic E-state index is -0.421. The summed E-state index contributed by atoms with van der Waals surface area (Å²) in [5, 5.41) is 20.9. The number of rotatable bonds is 5. The van der Waals surface area contributed by atoms with Gasteiger partial charge in [-0.1, -0.05) is 6.07 Å². The fourth-order valence-electron chi connectivity index (χ4n) is 2.86. The second kappa shape index (κ2) is 6.06. The first-order chi connectivity index (χ1) is 9.54. The number of para-hydroxylation sites is 1. The molecule has 0 aliphatic carbocycles. The Hall–Kier alpha value is -1.86. The van der Waals surface area contributed by atoms with Gasteiger partial charge >= 0.3 is 5.69 Å². The molecule has 0 bridgehead atoms. The van der Waals surface area contributed by atoms with Crippen LogP contribution in [0.4, 0.5) is 17.1 Å². The lowest BCUT2D eigenvalue weighted by Gasteiger charge is -2.27. The van der Waals surface area contributed by atoms with Crippen LogP contribution in [0.2, 0.25) is 0 Å². The first-order valence-corrected chi connectivity index (χ1v) is 6.73. The molecule has 0 aromatic heterocycles. The van der Waals surface area contributed by atoms with Crippen molar-refractivity contribution in [3.05, 3.63) is 28.3 Å². The average molecular weight is 280 g/mol. The molecule has 1 saturated heterocycles. The van der Waals surface area contributed by atoms with Crippen molar-refractivity contribution in [3.63, 3.8) is 0 Å². The third-order valence-corrected chi connectivity index (χ3v) is 3.65. The molecule has 1 aromatic carbocycles. The van der Waals surface area contributed by atoms with Gasteiger partial charge in [-0.25, -0.2) is 0 Å². The smallest absolute Gasteiger partial charge is 0.316 e. The number of nitrogens with two attached hydrogens (primary N) is 1. The fourth-order valence-corrected chi connectivity index (χ4v) is 2.86.